The molecule has 3 N–H and O–H groups in total. The molecule has 0 bridgehead atoms. The number of hydrogen-bond donors (Lipinski definition) is 3. The second kappa shape index (κ2) is 9.29. The van der Waals surface area contributed by atoms with Crippen LogP contribution in [0, 0.1) is 17.8 Å². The molecule has 5 rings (SSSR count). The van der Waals surface area contributed by atoms with Crippen LogP contribution in [0.25, 0.3) is 11.0 Å². The summed E-state index contributed by atoms with van der Waals surface area (Å²) in [6.45, 7) is -0.211. The van der Waals surface area contributed by atoms with Crippen molar-refractivity contribution in [3.63, 3.8) is 0 Å². The van der Waals surface area contributed by atoms with Crippen molar-refractivity contribution in [3.8, 4) is 0 Å². The third kappa shape index (κ3) is 4.13. The van der Waals surface area contributed by atoms with Crippen LogP contribution in [0.15, 0.2) is 24.4 Å². The van der Waals surface area contributed by atoms with E-state index in [1.807, 2.05) is 6.07 Å². The van der Waals surface area contributed by atoms with Gasteiger partial charge in [-0.25, -0.2) is 0 Å². The highest BCUT2D eigenvalue weighted by molar-refractivity contribution is 6.01. The third-order valence-corrected chi connectivity index (χ3v) is 7.85. The van der Waals surface area contributed by atoms with Crippen LogP contribution in [-0.2, 0) is 14.4 Å². The lowest BCUT2D eigenvalue weighted by Gasteiger charge is -2.29. The van der Waals surface area contributed by atoms with Crippen LogP contribution in [0.1, 0.15) is 55.4 Å². The molecular formula is C25H30N4O5. The van der Waals surface area contributed by atoms with Crippen LogP contribution in [-0.4, -0.2) is 68.6 Å². The average Bonchev–Trinajstić information content (AvgIpc) is 3.61. The summed E-state index contributed by atoms with van der Waals surface area (Å²) in [6, 6.07) is 3.71. The monoisotopic (exact) mass is 466 g/mol. The summed E-state index contributed by atoms with van der Waals surface area (Å²) >= 11 is 0. The SMILES string of the molecule is O=C1CCC[C@H]1C[C@H](NC(=O)[C@@H]1[C@H]2CCC[C@H]2CN1C(=O)c1cc2ncccc2[nH]1)C(=O)CO. The molecule has 2 aromatic rings. The van der Waals surface area contributed by atoms with E-state index in [1.54, 1.807) is 23.2 Å². The summed E-state index contributed by atoms with van der Waals surface area (Å²) < 4.78 is 0. The fourth-order valence-corrected chi connectivity index (χ4v) is 6.14. The van der Waals surface area contributed by atoms with Gasteiger partial charge in [-0.15, -0.1) is 0 Å². The molecule has 3 aliphatic rings. The minimum absolute atomic E-state index is 0.0319. The number of nitrogens with zero attached hydrogens (tertiary/aromatic N) is 2. The first kappa shape index (κ1) is 22.7. The van der Waals surface area contributed by atoms with Crippen molar-refractivity contribution in [2.24, 2.45) is 17.8 Å². The normalized spacial score (nSPS) is 27.2. The van der Waals surface area contributed by atoms with Gasteiger partial charge in [-0.2, -0.15) is 0 Å². The van der Waals surface area contributed by atoms with Gasteiger partial charge in [-0.3, -0.25) is 24.2 Å². The molecule has 0 unspecified atom stereocenters. The Balaban J connectivity index is 1.38. The van der Waals surface area contributed by atoms with Gasteiger partial charge in [0.2, 0.25) is 5.91 Å². The number of pyridine rings is 1. The first-order valence-corrected chi connectivity index (χ1v) is 12.2. The van der Waals surface area contributed by atoms with E-state index >= 15 is 0 Å². The molecule has 34 heavy (non-hydrogen) atoms. The second-order valence-electron chi connectivity index (χ2n) is 9.85. The minimum atomic E-state index is -0.931. The van der Waals surface area contributed by atoms with E-state index in [1.165, 1.54) is 0 Å². The van der Waals surface area contributed by atoms with Gasteiger partial charge in [0.1, 0.15) is 24.1 Å². The summed E-state index contributed by atoms with van der Waals surface area (Å²) in [5.74, 6) is -1.05. The zero-order valence-corrected chi connectivity index (χ0v) is 19.0. The maximum absolute atomic E-state index is 13.5. The van der Waals surface area contributed by atoms with Crippen LogP contribution < -0.4 is 5.32 Å². The molecule has 2 aromatic heterocycles. The number of aromatic amines is 1. The van der Waals surface area contributed by atoms with Gasteiger partial charge in [0.05, 0.1) is 17.1 Å². The number of rotatable bonds is 7. The number of likely N-dealkylation sites (tertiary alicyclic amines) is 1. The lowest BCUT2D eigenvalue weighted by atomic mass is 9.91. The van der Waals surface area contributed by atoms with Gasteiger partial charge in [0, 0.05) is 25.1 Å². The Hall–Kier alpha value is -3.07. The number of carbonyl (C=O) groups excluding carboxylic acids is 4. The van der Waals surface area contributed by atoms with Crippen molar-refractivity contribution >= 4 is 34.4 Å². The smallest absolute Gasteiger partial charge is 0.271 e. The number of aliphatic hydroxyl groups is 1. The van der Waals surface area contributed by atoms with E-state index in [0.717, 1.165) is 31.2 Å². The summed E-state index contributed by atoms with van der Waals surface area (Å²) in [5, 5.41) is 12.3. The zero-order valence-electron chi connectivity index (χ0n) is 19.0. The fourth-order valence-electron chi connectivity index (χ4n) is 6.14. The van der Waals surface area contributed by atoms with E-state index in [0.29, 0.717) is 30.6 Å². The Morgan fingerprint density at radius 1 is 1.24 bits per heavy atom. The maximum Gasteiger partial charge on any atom is 0.271 e. The fraction of sp³-hybridized carbons (Fsp3) is 0.560. The number of aromatic nitrogens is 2. The van der Waals surface area contributed by atoms with Crippen molar-refractivity contribution in [2.45, 2.75) is 57.0 Å². The van der Waals surface area contributed by atoms with E-state index < -0.39 is 24.5 Å². The molecule has 0 spiro atoms. The quantitative estimate of drug-likeness (QED) is 0.568. The number of hydrogen-bond acceptors (Lipinski definition) is 6. The van der Waals surface area contributed by atoms with Gasteiger partial charge in [0.15, 0.2) is 5.78 Å². The predicted molar refractivity (Wildman–Crippen MR) is 123 cm³/mol. The van der Waals surface area contributed by atoms with Crippen LogP contribution in [0.3, 0.4) is 0 Å². The molecule has 1 aliphatic heterocycles. The summed E-state index contributed by atoms with van der Waals surface area (Å²) in [5.41, 5.74) is 1.81. The Morgan fingerprint density at radius 3 is 2.82 bits per heavy atom. The van der Waals surface area contributed by atoms with E-state index in [9.17, 15) is 24.3 Å². The summed E-state index contributed by atoms with van der Waals surface area (Å²) in [4.78, 5) is 60.6. The topological polar surface area (TPSA) is 132 Å². The standard InChI is InChI=1S/C25H30N4O5/c30-13-22(32)19(10-14-4-2-8-21(14)31)28-24(33)23-16-6-1-5-15(16)12-29(23)25(34)20-11-18-17(27-20)7-3-9-26-18/h3,7,9,11,14-16,19,23,27,30H,1-2,4-6,8,10,12-13H2,(H,28,33)/t14-,15-,16-,19-,23-/m0/s1. The number of amides is 2. The molecule has 180 valence electrons. The number of fused-ring (bicyclic) bond motifs is 2. The second-order valence-corrected chi connectivity index (χ2v) is 9.85. The predicted octanol–water partition coefficient (Wildman–Crippen LogP) is 1.61. The van der Waals surface area contributed by atoms with Gasteiger partial charge in [-0.05, 0) is 62.1 Å². The summed E-state index contributed by atoms with van der Waals surface area (Å²) in [6.07, 6.45) is 6.64. The molecule has 5 atom stereocenters. The number of Topliss-reactive ketones (excluding diaryl/α,β-unsaturated/α-hetero) is 2. The molecule has 2 saturated carbocycles. The lowest BCUT2D eigenvalue weighted by molar-refractivity contribution is -0.133. The highest BCUT2D eigenvalue weighted by Crippen LogP contribution is 2.43. The number of aliphatic hydroxyl groups excluding tert-OH is 1. The number of H-pyrrole nitrogens is 1. The van der Waals surface area contributed by atoms with Crippen molar-refractivity contribution in [1.82, 2.24) is 20.2 Å². The number of carbonyl (C=O) groups is 4. The zero-order chi connectivity index (χ0) is 23.8. The van der Waals surface area contributed by atoms with Gasteiger partial charge in [-0.1, -0.05) is 6.42 Å². The van der Waals surface area contributed by atoms with Gasteiger partial charge < -0.3 is 20.3 Å². The Kier molecular flexibility index (Phi) is 6.20. The first-order valence-electron chi connectivity index (χ1n) is 12.2. The largest absolute Gasteiger partial charge is 0.389 e. The highest BCUT2D eigenvalue weighted by atomic mass is 16.3. The van der Waals surface area contributed by atoms with Crippen LogP contribution in [0.5, 0.6) is 0 Å². The molecule has 0 aromatic carbocycles. The number of ketones is 2. The van der Waals surface area contributed by atoms with Crippen molar-refractivity contribution < 1.29 is 24.3 Å². The van der Waals surface area contributed by atoms with Crippen molar-refractivity contribution in [2.75, 3.05) is 13.2 Å². The highest BCUT2D eigenvalue weighted by Gasteiger charge is 2.50. The Bertz CT molecular complexity index is 1090. The van der Waals surface area contributed by atoms with Gasteiger partial charge >= 0.3 is 0 Å². The average molecular weight is 467 g/mol. The molecule has 3 fully saturated rings. The third-order valence-electron chi connectivity index (χ3n) is 7.85. The number of nitrogens with one attached hydrogen (secondary N) is 2. The first-order chi connectivity index (χ1) is 16.5. The molecule has 0 radical (unpaired) electrons. The van der Waals surface area contributed by atoms with E-state index in [-0.39, 0.29) is 41.8 Å². The molecule has 9 heteroatoms. The van der Waals surface area contributed by atoms with Crippen LogP contribution in [0.4, 0.5) is 0 Å². The maximum atomic E-state index is 13.5. The summed E-state index contributed by atoms with van der Waals surface area (Å²) in [7, 11) is 0. The van der Waals surface area contributed by atoms with Crippen LogP contribution in [0.2, 0.25) is 0 Å². The molecule has 2 aliphatic carbocycles. The molecule has 1 saturated heterocycles. The van der Waals surface area contributed by atoms with E-state index in [4.69, 9.17) is 0 Å². The lowest BCUT2D eigenvalue weighted by Crippen LogP contribution is -2.53. The van der Waals surface area contributed by atoms with Gasteiger partial charge in [0.25, 0.3) is 5.91 Å². The molecule has 3 heterocycles. The molecule has 2 amide bonds. The molecule has 9 nitrogen and oxygen atoms in total. The van der Waals surface area contributed by atoms with Crippen LogP contribution >= 0.6 is 0 Å². The molecular weight excluding hydrogens is 436 g/mol. The van der Waals surface area contributed by atoms with Crippen molar-refractivity contribution in [3.05, 3.63) is 30.1 Å². The Morgan fingerprint density at radius 2 is 2.09 bits per heavy atom. The van der Waals surface area contributed by atoms with E-state index in [2.05, 4.69) is 15.3 Å². The Labute approximate surface area is 197 Å². The minimum Gasteiger partial charge on any atom is -0.389 e. The van der Waals surface area contributed by atoms with Crippen molar-refractivity contribution in [1.29, 1.82) is 0 Å².